The van der Waals surface area contributed by atoms with Gasteiger partial charge in [0.1, 0.15) is 5.69 Å². The van der Waals surface area contributed by atoms with Gasteiger partial charge in [0.2, 0.25) is 0 Å². The molecule has 2 atom stereocenters. The molecular formula is C15H20N4S. The zero-order valence-corrected chi connectivity index (χ0v) is 12.6. The van der Waals surface area contributed by atoms with Crippen LogP contribution in [0.15, 0.2) is 24.4 Å². The molecule has 20 heavy (non-hydrogen) atoms. The lowest BCUT2D eigenvalue weighted by Gasteiger charge is -2.24. The first-order chi connectivity index (χ1) is 9.77. The third kappa shape index (κ3) is 2.54. The maximum Gasteiger partial charge on any atom is 0.195 e. The molecule has 3 rings (SSSR count). The average molecular weight is 288 g/mol. The molecule has 0 aliphatic heterocycles. The Morgan fingerprint density at radius 1 is 1.25 bits per heavy atom. The molecule has 1 N–H and O–H groups in total. The number of nitrogens with one attached hydrogen (secondary N) is 1. The van der Waals surface area contributed by atoms with E-state index in [2.05, 4.69) is 26.7 Å². The first kappa shape index (κ1) is 13.5. The Bertz CT molecular complexity index is 616. The topological polar surface area (TPSA) is 46.5 Å². The summed E-state index contributed by atoms with van der Waals surface area (Å²) in [5.41, 5.74) is 0.885. The van der Waals surface area contributed by atoms with Gasteiger partial charge in [-0.3, -0.25) is 14.6 Å². The molecule has 0 bridgehead atoms. The monoisotopic (exact) mass is 288 g/mol. The molecule has 2 aromatic heterocycles. The second-order valence-corrected chi connectivity index (χ2v) is 6.01. The van der Waals surface area contributed by atoms with Crippen molar-refractivity contribution in [3.05, 3.63) is 29.2 Å². The van der Waals surface area contributed by atoms with Crippen LogP contribution in [0, 0.1) is 10.7 Å². The third-order valence-electron chi connectivity index (χ3n) is 4.25. The molecule has 0 aromatic carbocycles. The van der Waals surface area contributed by atoms with Crippen molar-refractivity contribution in [3.63, 3.8) is 0 Å². The van der Waals surface area contributed by atoms with Crippen molar-refractivity contribution in [2.75, 3.05) is 0 Å². The predicted octanol–water partition coefficient (Wildman–Crippen LogP) is 4.14. The molecule has 5 heteroatoms. The van der Waals surface area contributed by atoms with E-state index in [9.17, 15) is 0 Å². The molecule has 1 fully saturated rings. The van der Waals surface area contributed by atoms with Crippen molar-refractivity contribution in [3.8, 4) is 11.5 Å². The van der Waals surface area contributed by atoms with Crippen LogP contribution in [0.3, 0.4) is 0 Å². The van der Waals surface area contributed by atoms with Gasteiger partial charge < -0.3 is 0 Å². The lowest BCUT2D eigenvalue weighted by Crippen LogP contribution is -2.17. The molecule has 106 valence electrons. The van der Waals surface area contributed by atoms with E-state index in [-0.39, 0.29) is 0 Å². The summed E-state index contributed by atoms with van der Waals surface area (Å²) >= 11 is 5.47. The zero-order valence-electron chi connectivity index (χ0n) is 11.7. The van der Waals surface area contributed by atoms with Gasteiger partial charge in [-0.05, 0) is 43.1 Å². The highest BCUT2D eigenvalue weighted by atomic mass is 32.1. The highest BCUT2D eigenvalue weighted by Crippen LogP contribution is 2.34. The molecule has 2 heterocycles. The molecular weight excluding hydrogens is 268 g/mol. The van der Waals surface area contributed by atoms with E-state index in [4.69, 9.17) is 12.2 Å². The van der Waals surface area contributed by atoms with Crippen molar-refractivity contribution < 1.29 is 0 Å². The van der Waals surface area contributed by atoms with Gasteiger partial charge in [0.15, 0.2) is 10.6 Å². The minimum absolute atomic E-state index is 0.431. The van der Waals surface area contributed by atoms with Crippen LogP contribution >= 0.6 is 12.2 Å². The molecule has 1 aliphatic rings. The molecule has 0 amide bonds. The SMILES string of the molecule is CC1CCCCCC1n1c(-c2ccccn2)n[nH]c1=S. The standard InChI is InChI=1S/C15H20N4S/c1-11-7-3-2-4-9-13(11)19-14(17-18-15(19)20)12-8-5-6-10-16-12/h5-6,8,10-11,13H,2-4,7,9H2,1H3,(H,18,20). The van der Waals surface area contributed by atoms with Crippen molar-refractivity contribution >= 4 is 12.2 Å². The van der Waals surface area contributed by atoms with E-state index in [0.29, 0.717) is 16.7 Å². The summed E-state index contributed by atoms with van der Waals surface area (Å²) in [5, 5.41) is 7.36. The Hall–Kier alpha value is -1.49. The van der Waals surface area contributed by atoms with Gasteiger partial charge in [0.25, 0.3) is 0 Å². The number of H-pyrrole nitrogens is 1. The van der Waals surface area contributed by atoms with Crippen LogP contribution < -0.4 is 0 Å². The number of pyridine rings is 1. The van der Waals surface area contributed by atoms with Gasteiger partial charge >= 0.3 is 0 Å². The Labute approximate surface area is 124 Å². The van der Waals surface area contributed by atoms with E-state index < -0.39 is 0 Å². The summed E-state index contributed by atoms with van der Waals surface area (Å²) in [6.07, 6.45) is 8.15. The summed E-state index contributed by atoms with van der Waals surface area (Å²) in [6.45, 7) is 2.33. The first-order valence-electron chi connectivity index (χ1n) is 7.35. The Morgan fingerprint density at radius 2 is 2.10 bits per heavy atom. The largest absolute Gasteiger partial charge is 0.295 e. The Kier molecular flexibility index (Phi) is 3.96. The number of rotatable bonds is 2. The second kappa shape index (κ2) is 5.87. The molecule has 4 nitrogen and oxygen atoms in total. The number of aromatic nitrogens is 4. The van der Waals surface area contributed by atoms with Crippen LogP contribution in [-0.2, 0) is 0 Å². The van der Waals surface area contributed by atoms with Crippen LogP contribution in [0.1, 0.15) is 45.1 Å². The molecule has 0 saturated heterocycles. The molecule has 2 aromatic rings. The fourth-order valence-corrected chi connectivity index (χ4v) is 3.41. The normalized spacial score (nSPS) is 23.4. The van der Waals surface area contributed by atoms with Gasteiger partial charge in [-0.1, -0.05) is 32.3 Å². The lowest BCUT2D eigenvalue weighted by atomic mass is 9.96. The van der Waals surface area contributed by atoms with Gasteiger partial charge in [0.05, 0.1) is 0 Å². The van der Waals surface area contributed by atoms with E-state index in [1.54, 1.807) is 6.20 Å². The van der Waals surface area contributed by atoms with Crippen molar-refractivity contribution in [1.82, 2.24) is 19.7 Å². The van der Waals surface area contributed by atoms with Crippen LogP contribution in [0.5, 0.6) is 0 Å². The summed E-state index contributed by atoms with van der Waals surface area (Å²) in [7, 11) is 0. The molecule has 0 radical (unpaired) electrons. The molecule has 2 unspecified atom stereocenters. The summed E-state index contributed by atoms with van der Waals surface area (Å²) in [5.74, 6) is 1.50. The smallest absolute Gasteiger partial charge is 0.195 e. The van der Waals surface area contributed by atoms with Crippen molar-refractivity contribution in [2.24, 2.45) is 5.92 Å². The minimum atomic E-state index is 0.431. The van der Waals surface area contributed by atoms with E-state index in [1.165, 1.54) is 32.1 Å². The van der Waals surface area contributed by atoms with Gasteiger partial charge in [-0.25, -0.2) is 0 Å². The summed E-state index contributed by atoms with van der Waals surface area (Å²) in [6, 6.07) is 6.33. The van der Waals surface area contributed by atoms with Crippen LogP contribution in [-0.4, -0.2) is 19.7 Å². The van der Waals surface area contributed by atoms with Crippen LogP contribution in [0.2, 0.25) is 0 Å². The number of nitrogens with zero attached hydrogens (tertiary/aromatic N) is 3. The fourth-order valence-electron chi connectivity index (χ4n) is 3.15. The number of hydrogen-bond donors (Lipinski definition) is 1. The van der Waals surface area contributed by atoms with E-state index >= 15 is 0 Å². The van der Waals surface area contributed by atoms with E-state index in [1.807, 2.05) is 18.2 Å². The highest BCUT2D eigenvalue weighted by molar-refractivity contribution is 7.71. The zero-order chi connectivity index (χ0) is 13.9. The minimum Gasteiger partial charge on any atom is -0.295 e. The van der Waals surface area contributed by atoms with Crippen molar-refractivity contribution in [2.45, 2.75) is 45.1 Å². The summed E-state index contributed by atoms with van der Waals surface area (Å²) in [4.78, 5) is 4.42. The Balaban J connectivity index is 2.05. The van der Waals surface area contributed by atoms with Gasteiger partial charge in [0, 0.05) is 12.2 Å². The molecule has 0 spiro atoms. The maximum absolute atomic E-state index is 5.47. The highest BCUT2D eigenvalue weighted by Gasteiger charge is 2.25. The quantitative estimate of drug-likeness (QED) is 0.667. The summed E-state index contributed by atoms with van der Waals surface area (Å²) < 4.78 is 2.90. The van der Waals surface area contributed by atoms with Crippen LogP contribution in [0.4, 0.5) is 0 Å². The predicted molar refractivity (Wildman–Crippen MR) is 81.9 cm³/mol. The second-order valence-electron chi connectivity index (χ2n) is 5.62. The maximum atomic E-state index is 5.47. The first-order valence-corrected chi connectivity index (χ1v) is 7.76. The fraction of sp³-hybridized carbons (Fsp3) is 0.533. The lowest BCUT2D eigenvalue weighted by molar-refractivity contribution is 0.333. The van der Waals surface area contributed by atoms with Gasteiger partial charge in [-0.15, -0.1) is 0 Å². The molecule has 1 aliphatic carbocycles. The molecule has 1 saturated carbocycles. The van der Waals surface area contributed by atoms with Crippen molar-refractivity contribution in [1.29, 1.82) is 0 Å². The van der Waals surface area contributed by atoms with Gasteiger partial charge in [-0.2, -0.15) is 5.10 Å². The number of aromatic amines is 1. The van der Waals surface area contributed by atoms with Crippen LogP contribution in [0.25, 0.3) is 11.5 Å². The number of hydrogen-bond acceptors (Lipinski definition) is 3. The van der Waals surface area contributed by atoms with E-state index in [0.717, 1.165) is 11.5 Å². The average Bonchev–Trinajstić information content (AvgIpc) is 2.72. The third-order valence-corrected chi connectivity index (χ3v) is 4.53. The Morgan fingerprint density at radius 3 is 2.90 bits per heavy atom.